The van der Waals surface area contributed by atoms with Crippen LogP contribution in [0.15, 0.2) is 29.7 Å². The highest BCUT2D eigenvalue weighted by atomic mass is 32.2. The molecule has 6 rings (SSSR count). The molecule has 0 saturated carbocycles. The van der Waals surface area contributed by atoms with Crippen molar-refractivity contribution in [3.05, 3.63) is 35.4 Å². The van der Waals surface area contributed by atoms with E-state index in [1.54, 1.807) is 31.7 Å². The number of carbonyl (C=O) groups is 1. The number of thiazole rings is 1. The van der Waals surface area contributed by atoms with Crippen LogP contribution < -0.4 is 5.73 Å². The van der Waals surface area contributed by atoms with Crippen LogP contribution in [0.25, 0.3) is 27.6 Å². The SMILES string of the molecule is CC(=O)N1C2CCC1CC(c1nc3c(-c4cnc(-c5ncc(C)s5)cn4)cnn3c(N)c1S(C)(=O)=O)C2. The summed E-state index contributed by atoms with van der Waals surface area (Å²) in [4.78, 5) is 33.6. The van der Waals surface area contributed by atoms with Gasteiger partial charge in [-0.25, -0.2) is 23.4 Å². The number of amides is 1. The molecule has 2 bridgehead atoms. The van der Waals surface area contributed by atoms with Crippen LogP contribution in [-0.4, -0.2) is 67.1 Å². The number of fused-ring (bicyclic) bond motifs is 3. The van der Waals surface area contributed by atoms with Crippen molar-refractivity contribution < 1.29 is 13.2 Å². The highest BCUT2D eigenvalue weighted by Gasteiger charge is 2.44. The topological polar surface area (TPSA) is 149 Å². The zero-order chi connectivity index (χ0) is 26.1. The summed E-state index contributed by atoms with van der Waals surface area (Å²) >= 11 is 1.54. The second-order valence-corrected chi connectivity index (χ2v) is 13.0. The summed E-state index contributed by atoms with van der Waals surface area (Å²) in [5, 5.41) is 5.13. The first kappa shape index (κ1) is 23.9. The molecule has 2 atom stereocenters. The van der Waals surface area contributed by atoms with Gasteiger partial charge < -0.3 is 10.6 Å². The number of sulfone groups is 1. The molecule has 0 aromatic carbocycles. The van der Waals surface area contributed by atoms with Gasteiger partial charge in [-0.1, -0.05) is 0 Å². The molecule has 4 aromatic heterocycles. The number of anilines is 1. The first-order valence-corrected chi connectivity index (χ1v) is 14.7. The fourth-order valence-corrected chi connectivity index (χ4v) is 7.60. The van der Waals surface area contributed by atoms with Gasteiger partial charge in [-0.2, -0.15) is 9.61 Å². The Morgan fingerprint density at radius 1 is 1.05 bits per heavy atom. The van der Waals surface area contributed by atoms with Crippen LogP contribution in [0.4, 0.5) is 5.82 Å². The number of piperidine rings is 1. The first-order valence-electron chi connectivity index (χ1n) is 12.0. The maximum absolute atomic E-state index is 12.9. The van der Waals surface area contributed by atoms with Gasteiger partial charge in [-0.15, -0.1) is 11.3 Å². The van der Waals surface area contributed by atoms with E-state index in [9.17, 15) is 13.2 Å². The number of hydrogen-bond donors (Lipinski definition) is 1. The van der Waals surface area contributed by atoms with Crippen LogP contribution in [0.3, 0.4) is 0 Å². The van der Waals surface area contributed by atoms with Crippen molar-refractivity contribution in [3.8, 4) is 22.0 Å². The summed E-state index contributed by atoms with van der Waals surface area (Å²) in [5.74, 6) is -0.0577. The van der Waals surface area contributed by atoms with E-state index in [2.05, 4.69) is 20.1 Å². The first-order chi connectivity index (χ1) is 17.6. The van der Waals surface area contributed by atoms with Crippen LogP contribution in [-0.2, 0) is 14.6 Å². The Bertz CT molecular complexity index is 1630. The molecule has 4 aromatic rings. The number of nitrogens with two attached hydrogens (primary N) is 1. The number of hydrogen-bond acceptors (Lipinski definition) is 10. The van der Waals surface area contributed by atoms with Crippen molar-refractivity contribution in [2.45, 2.75) is 62.4 Å². The lowest BCUT2D eigenvalue weighted by molar-refractivity contribution is -0.133. The Labute approximate surface area is 217 Å². The van der Waals surface area contributed by atoms with Gasteiger partial charge >= 0.3 is 0 Å². The second-order valence-electron chi connectivity index (χ2n) is 9.82. The fourth-order valence-electron chi connectivity index (χ4n) is 5.82. The monoisotopic (exact) mass is 538 g/mol. The predicted molar refractivity (Wildman–Crippen MR) is 139 cm³/mol. The standard InChI is InChI=1S/C24H26N8O3S2/c1-12-8-28-24(36-12)19-11-26-18(10-27-19)17-9-29-32-22(25)21(37(3,34)35)20(30-23(17)32)14-6-15-4-5-16(7-14)31(15)13(2)33/h8-11,14-16H,4-7,25H2,1-3H3. The Balaban J connectivity index is 1.45. The lowest BCUT2D eigenvalue weighted by Crippen LogP contribution is -2.45. The van der Waals surface area contributed by atoms with Crippen molar-refractivity contribution in [1.29, 1.82) is 0 Å². The molecule has 2 unspecified atom stereocenters. The molecule has 0 radical (unpaired) electrons. The van der Waals surface area contributed by atoms with E-state index in [4.69, 9.17) is 10.7 Å². The molecule has 192 valence electrons. The Hall–Kier alpha value is -3.45. The van der Waals surface area contributed by atoms with Gasteiger partial charge in [-0.05, 0) is 32.6 Å². The number of nitrogens with zero attached hydrogens (tertiary/aromatic N) is 7. The summed E-state index contributed by atoms with van der Waals surface area (Å²) in [6, 6.07) is 0.149. The van der Waals surface area contributed by atoms with E-state index in [0.717, 1.165) is 29.0 Å². The molecule has 11 nitrogen and oxygen atoms in total. The molecule has 2 N–H and O–H groups in total. The van der Waals surface area contributed by atoms with Crippen LogP contribution in [0.1, 0.15) is 49.1 Å². The third-order valence-corrected chi connectivity index (χ3v) is 9.38. The van der Waals surface area contributed by atoms with Crippen molar-refractivity contribution in [3.63, 3.8) is 0 Å². The molecule has 0 spiro atoms. The molecule has 0 aliphatic carbocycles. The van der Waals surface area contributed by atoms with E-state index in [1.165, 1.54) is 15.9 Å². The van der Waals surface area contributed by atoms with E-state index >= 15 is 0 Å². The molecule has 1 amide bonds. The summed E-state index contributed by atoms with van der Waals surface area (Å²) < 4.78 is 27.2. The second kappa shape index (κ2) is 8.55. The third-order valence-electron chi connectivity index (χ3n) is 7.29. The van der Waals surface area contributed by atoms with E-state index in [0.29, 0.717) is 41.1 Å². The maximum Gasteiger partial charge on any atom is 0.219 e. The van der Waals surface area contributed by atoms with Gasteiger partial charge in [0.2, 0.25) is 5.91 Å². The summed E-state index contributed by atoms with van der Waals surface area (Å²) in [7, 11) is -3.70. The van der Waals surface area contributed by atoms with Gasteiger partial charge in [-0.3, -0.25) is 9.78 Å². The largest absolute Gasteiger partial charge is 0.382 e. The molecular formula is C24H26N8O3S2. The molecule has 2 aliphatic rings. The number of aromatic nitrogens is 6. The minimum Gasteiger partial charge on any atom is -0.382 e. The van der Waals surface area contributed by atoms with Gasteiger partial charge in [0.25, 0.3) is 0 Å². The zero-order valence-corrected chi connectivity index (χ0v) is 22.3. The summed E-state index contributed by atoms with van der Waals surface area (Å²) in [5.41, 5.74) is 9.12. The van der Waals surface area contributed by atoms with Crippen LogP contribution >= 0.6 is 11.3 Å². The quantitative estimate of drug-likeness (QED) is 0.414. The average Bonchev–Trinajstić information content (AvgIpc) is 3.54. The summed E-state index contributed by atoms with van der Waals surface area (Å²) in [6.07, 6.45) is 10.9. The number of aryl methyl sites for hydroxylation is 1. The Kier molecular flexibility index (Phi) is 5.53. The van der Waals surface area contributed by atoms with E-state index < -0.39 is 9.84 Å². The van der Waals surface area contributed by atoms with E-state index in [1.807, 2.05) is 11.8 Å². The molecule has 6 heterocycles. The fraction of sp³-hybridized carbons (Fsp3) is 0.417. The van der Waals surface area contributed by atoms with Crippen molar-refractivity contribution in [2.24, 2.45) is 0 Å². The normalized spacial score (nSPS) is 21.6. The highest BCUT2D eigenvalue weighted by Crippen LogP contribution is 2.45. The number of carbonyl (C=O) groups excluding carboxylic acids is 1. The minimum absolute atomic E-state index is 0.0101. The van der Waals surface area contributed by atoms with Crippen molar-refractivity contribution >= 4 is 38.5 Å². The molecule has 2 fully saturated rings. The zero-order valence-electron chi connectivity index (χ0n) is 20.6. The Morgan fingerprint density at radius 3 is 2.30 bits per heavy atom. The van der Waals surface area contributed by atoms with Crippen LogP contribution in [0, 0.1) is 6.92 Å². The molecule has 37 heavy (non-hydrogen) atoms. The van der Waals surface area contributed by atoms with Crippen molar-refractivity contribution in [2.75, 3.05) is 12.0 Å². The maximum atomic E-state index is 12.9. The predicted octanol–water partition coefficient (Wildman–Crippen LogP) is 2.86. The smallest absolute Gasteiger partial charge is 0.219 e. The van der Waals surface area contributed by atoms with Gasteiger partial charge in [0.05, 0.1) is 35.5 Å². The lowest BCUT2D eigenvalue weighted by Gasteiger charge is -2.38. The summed E-state index contributed by atoms with van der Waals surface area (Å²) in [6.45, 7) is 3.58. The molecule has 2 saturated heterocycles. The molecule has 2 aliphatic heterocycles. The third kappa shape index (κ3) is 3.96. The van der Waals surface area contributed by atoms with Crippen molar-refractivity contribution in [1.82, 2.24) is 34.4 Å². The molecule has 13 heteroatoms. The van der Waals surface area contributed by atoms with Crippen LogP contribution in [0.5, 0.6) is 0 Å². The number of rotatable bonds is 4. The van der Waals surface area contributed by atoms with Crippen LogP contribution in [0.2, 0.25) is 0 Å². The van der Waals surface area contributed by atoms with Gasteiger partial charge in [0.15, 0.2) is 15.5 Å². The highest BCUT2D eigenvalue weighted by molar-refractivity contribution is 7.91. The number of nitrogen functional groups attached to an aromatic ring is 1. The van der Waals surface area contributed by atoms with Gasteiger partial charge in [0, 0.05) is 42.3 Å². The minimum atomic E-state index is -3.70. The lowest BCUT2D eigenvalue weighted by atomic mass is 9.87. The molecular weight excluding hydrogens is 512 g/mol. The van der Waals surface area contributed by atoms with E-state index in [-0.39, 0.29) is 34.6 Å². The average molecular weight is 539 g/mol. The Morgan fingerprint density at radius 2 is 1.73 bits per heavy atom. The van der Waals surface area contributed by atoms with Gasteiger partial charge in [0.1, 0.15) is 21.4 Å².